The van der Waals surface area contributed by atoms with E-state index in [2.05, 4.69) is 15.0 Å². The number of benzene rings is 1. The Hall–Kier alpha value is -3.50. The molecule has 0 aliphatic carbocycles. The number of hydrogen-bond donors (Lipinski definition) is 0. The van der Waals surface area contributed by atoms with Crippen molar-refractivity contribution in [2.45, 2.75) is 31.6 Å². The molecule has 1 atom stereocenters. The second-order valence-corrected chi connectivity index (χ2v) is 11.8. The van der Waals surface area contributed by atoms with Crippen LogP contribution in [-0.4, -0.2) is 72.9 Å². The molecular formula is C28H33N5O4S. The lowest BCUT2D eigenvalue weighted by Crippen LogP contribution is -2.53. The fourth-order valence-electron chi connectivity index (χ4n) is 5.09. The molecule has 0 saturated carbocycles. The van der Waals surface area contributed by atoms with Gasteiger partial charge in [0.25, 0.3) is 0 Å². The summed E-state index contributed by atoms with van der Waals surface area (Å²) in [7, 11) is -3.89. The van der Waals surface area contributed by atoms with Gasteiger partial charge in [-0.25, -0.2) is 13.4 Å². The number of carbonyl (C=O) groups is 1. The van der Waals surface area contributed by atoms with Gasteiger partial charge < -0.3 is 14.3 Å². The molecule has 0 radical (unpaired) electrons. The smallest absolute Gasteiger partial charge is 0.248 e. The molecule has 200 valence electrons. The van der Waals surface area contributed by atoms with Gasteiger partial charge in [-0.2, -0.15) is 4.31 Å². The Balaban J connectivity index is 1.27. The predicted octanol–water partition coefficient (Wildman–Crippen LogP) is 3.61. The molecule has 4 heterocycles. The largest absolute Gasteiger partial charge is 0.355 e. The topological polar surface area (TPSA) is 99.8 Å². The first-order valence-corrected chi connectivity index (χ1v) is 14.4. The second-order valence-electron chi connectivity index (χ2n) is 9.91. The maximum absolute atomic E-state index is 13.7. The van der Waals surface area contributed by atoms with E-state index in [4.69, 9.17) is 4.52 Å². The van der Waals surface area contributed by atoms with Crippen LogP contribution < -0.4 is 4.90 Å². The number of aryl methyl sites for hydroxylation is 2. The van der Waals surface area contributed by atoms with E-state index in [-0.39, 0.29) is 29.0 Å². The molecule has 0 spiro atoms. The summed E-state index contributed by atoms with van der Waals surface area (Å²) in [5.41, 5.74) is 2.39. The molecule has 2 fully saturated rings. The van der Waals surface area contributed by atoms with Crippen LogP contribution in [0.15, 0.2) is 58.1 Å². The maximum Gasteiger partial charge on any atom is 0.248 e. The van der Waals surface area contributed by atoms with Gasteiger partial charge in [-0.15, -0.1) is 0 Å². The molecule has 1 amide bonds. The quantitative estimate of drug-likeness (QED) is 0.475. The minimum atomic E-state index is -3.89. The number of pyridine rings is 1. The lowest BCUT2D eigenvalue weighted by molar-refractivity contribution is -0.137. The normalized spacial score (nSPS) is 19.3. The average Bonchev–Trinajstić information content (AvgIpc) is 3.34. The van der Waals surface area contributed by atoms with Crippen LogP contribution in [0.1, 0.15) is 35.4 Å². The molecule has 10 heteroatoms. The summed E-state index contributed by atoms with van der Waals surface area (Å²) in [6.45, 7) is 6.76. The van der Waals surface area contributed by atoms with Gasteiger partial charge >= 0.3 is 0 Å². The SMILES string of the molecule is Cc1ccc(/C=C/c2onc(C)c2S(=O)(=O)N2CCC[C@@H](C(=O)N3CCN(c4ccccn4)CC3)C2)cc1. The Morgan fingerprint density at radius 2 is 1.76 bits per heavy atom. The van der Waals surface area contributed by atoms with Crippen LogP contribution in [0.25, 0.3) is 12.2 Å². The average molecular weight is 536 g/mol. The van der Waals surface area contributed by atoms with Crippen LogP contribution in [0, 0.1) is 19.8 Å². The minimum Gasteiger partial charge on any atom is -0.355 e. The summed E-state index contributed by atoms with van der Waals surface area (Å²) >= 11 is 0. The van der Waals surface area contributed by atoms with E-state index in [9.17, 15) is 13.2 Å². The third-order valence-electron chi connectivity index (χ3n) is 7.23. The Morgan fingerprint density at radius 1 is 1.00 bits per heavy atom. The fraction of sp³-hybridized carbons (Fsp3) is 0.393. The number of piperazine rings is 1. The number of rotatable bonds is 6. The highest BCUT2D eigenvalue weighted by Crippen LogP contribution is 2.30. The van der Waals surface area contributed by atoms with E-state index in [1.807, 2.05) is 60.4 Å². The Morgan fingerprint density at radius 3 is 2.47 bits per heavy atom. The summed E-state index contributed by atoms with van der Waals surface area (Å²) < 4.78 is 34.3. The van der Waals surface area contributed by atoms with Crippen LogP contribution >= 0.6 is 0 Å². The van der Waals surface area contributed by atoms with Crippen molar-refractivity contribution in [3.8, 4) is 0 Å². The van der Waals surface area contributed by atoms with Gasteiger partial charge in [0.15, 0.2) is 10.7 Å². The zero-order valence-corrected chi connectivity index (χ0v) is 22.6. The summed E-state index contributed by atoms with van der Waals surface area (Å²) in [6.07, 6.45) is 6.53. The second kappa shape index (κ2) is 11.1. The van der Waals surface area contributed by atoms with Crippen molar-refractivity contribution in [2.24, 2.45) is 5.92 Å². The monoisotopic (exact) mass is 535 g/mol. The highest BCUT2D eigenvalue weighted by Gasteiger charge is 2.38. The lowest BCUT2D eigenvalue weighted by Gasteiger charge is -2.39. The van der Waals surface area contributed by atoms with Gasteiger partial charge in [0.1, 0.15) is 11.5 Å². The van der Waals surface area contributed by atoms with Gasteiger partial charge in [-0.1, -0.05) is 47.1 Å². The van der Waals surface area contributed by atoms with Crippen molar-refractivity contribution >= 4 is 33.9 Å². The van der Waals surface area contributed by atoms with Gasteiger partial charge in [0.2, 0.25) is 15.9 Å². The van der Waals surface area contributed by atoms with E-state index in [0.29, 0.717) is 51.3 Å². The number of anilines is 1. The van der Waals surface area contributed by atoms with Crippen LogP contribution in [0.5, 0.6) is 0 Å². The Bertz CT molecular complexity index is 1390. The van der Waals surface area contributed by atoms with Crippen LogP contribution in [0.3, 0.4) is 0 Å². The molecule has 0 unspecified atom stereocenters. The van der Waals surface area contributed by atoms with Gasteiger partial charge in [0, 0.05) is 45.5 Å². The van der Waals surface area contributed by atoms with E-state index in [0.717, 1.165) is 16.9 Å². The van der Waals surface area contributed by atoms with Crippen molar-refractivity contribution in [1.29, 1.82) is 0 Å². The molecular weight excluding hydrogens is 502 g/mol. The highest BCUT2D eigenvalue weighted by molar-refractivity contribution is 7.89. The molecule has 0 bridgehead atoms. The first kappa shape index (κ1) is 26.1. The number of nitrogens with zero attached hydrogens (tertiary/aromatic N) is 5. The van der Waals surface area contributed by atoms with E-state index in [1.54, 1.807) is 19.2 Å². The summed E-state index contributed by atoms with van der Waals surface area (Å²) in [5, 5.41) is 3.95. The van der Waals surface area contributed by atoms with E-state index < -0.39 is 10.0 Å². The van der Waals surface area contributed by atoms with Crippen LogP contribution in [0.2, 0.25) is 0 Å². The maximum atomic E-state index is 13.7. The Labute approximate surface area is 223 Å². The summed E-state index contributed by atoms with van der Waals surface area (Å²) in [4.78, 5) is 21.9. The Kier molecular flexibility index (Phi) is 7.62. The number of carbonyl (C=O) groups excluding carboxylic acids is 1. The fourth-order valence-corrected chi connectivity index (χ4v) is 6.87. The molecule has 5 rings (SSSR count). The highest BCUT2D eigenvalue weighted by atomic mass is 32.2. The standard InChI is InChI=1S/C28H33N5O4S/c1-21-8-10-23(11-9-21)12-13-25-27(22(2)30-37-25)38(35,36)33-15-5-6-24(20-33)28(34)32-18-16-31(17-19-32)26-7-3-4-14-29-26/h3-4,7-14,24H,5-6,15-20H2,1-2H3/b13-12+/t24-/m1/s1. The molecule has 0 N–H and O–H groups in total. The molecule has 38 heavy (non-hydrogen) atoms. The number of sulfonamides is 1. The van der Waals surface area contributed by atoms with Crippen molar-refractivity contribution in [3.05, 3.63) is 71.2 Å². The predicted molar refractivity (Wildman–Crippen MR) is 146 cm³/mol. The van der Waals surface area contributed by atoms with Gasteiger partial charge in [-0.05, 0) is 50.5 Å². The third-order valence-corrected chi connectivity index (χ3v) is 9.26. The zero-order chi connectivity index (χ0) is 26.7. The van der Waals surface area contributed by atoms with Crippen LogP contribution in [0.4, 0.5) is 5.82 Å². The van der Waals surface area contributed by atoms with Crippen LogP contribution in [-0.2, 0) is 14.8 Å². The van der Waals surface area contributed by atoms with Crippen molar-refractivity contribution in [3.63, 3.8) is 0 Å². The first-order valence-electron chi connectivity index (χ1n) is 13.0. The number of piperidine rings is 1. The number of hydrogen-bond acceptors (Lipinski definition) is 7. The molecule has 2 aliphatic rings. The van der Waals surface area contributed by atoms with Crippen molar-refractivity contribution in [1.82, 2.24) is 19.3 Å². The zero-order valence-electron chi connectivity index (χ0n) is 21.8. The van der Waals surface area contributed by atoms with Gasteiger partial charge in [-0.3, -0.25) is 4.79 Å². The van der Waals surface area contributed by atoms with E-state index in [1.165, 1.54) is 4.31 Å². The summed E-state index contributed by atoms with van der Waals surface area (Å²) in [5.74, 6) is 0.756. The molecule has 2 aliphatic heterocycles. The molecule has 2 aromatic heterocycles. The lowest BCUT2D eigenvalue weighted by atomic mass is 9.98. The summed E-state index contributed by atoms with van der Waals surface area (Å²) in [6, 6.07) is 13.7. The van der Waals surface area contributed by atoms with E-state index >= 15 is 0 Å². The number of aromatic nitrogens is 2. The minimum absolute atomic E-state index is 0.0205. The third kappa shape index (κ3) is 5.51. The molecule has 2 saturated heterocycles. The van der Waals surface area contributed by atoms with Gasteiger partial charge in [0.05, 0.1) is 5.92 Å². The van der Waals surface area contributed by atoms with Crippen molar-refractivity contribution in [2.75, 3.05) is 44.2 Å². The number of amides is 1. The molecule has 9 nitrogen and oxygen atoms in total. The molecule has 1 aromatic carbocycles. The molecule has 3 aromatic rings. The van der Waals surface area contributed by atoms with Crippen molar-refractivity contribution < 1.29 is 17.7 Å². The first-order chi connectivity index (χ1) is 18.3.